The minimum absolute atomic E-state index is 0.0653. The molecule has 1 aromatic rings. The summed E-state index contributed by atoms with van der Waals surface area (Å²) in [6, 6.07) is 7.74. The summed E-state index contributed by atoms with van der Waals surface area (Å²) in [5, 5.41) is 2.96. The van der Waals surface area contributed by atoms with Crippen LogP contribution in [0.3, 0.4) is 0 Å². The Hall–Kier alpha value is -1.55. The fraction of sp³-hybridized carbons (Fsp3) is 0.353. The standard InChI is InChI=1S/C17H20BrNO2/c1-21-16-7-3-5-14(10-16)12-19-17(20)11-13-4-2-6-15(18)9-8-13/h3,5,7-10H,2,4,6,11-12H2,1H3,(H,19,20). The summed E-state index contributed by atoms with van der Waals surface area (Å²) in [5.74, 6) is 0.874. The van der Waals surface area contributed by atoms with Gasteiger partial charge in [-0.15, -0.1) is 0 Å². The van der Waals surface area contributed by atoms with Gasteiger partial charge in [0.15, 0.2) is 0 Å². The summed E-state index contributed by atoms with van der Waals surface area (Å²) in [7, 11) is 1.64. The first-order chi connectivity index (χ1) is 10.2. The number of rotatable bonds is 5. The van der Waals surface area contributed by atoms with E-state index < -0.39 is 0 Å². The molecule has 1 aliphatic carbocycles. The van der Waals surface area contributed by atoms with Crippen LogP contribution in [0.2, 0.25) is 0 Å². The van der Waals surface area contributed by atoms with Crippen molar-refractivity contribution in [2.45, 2.75) is 32.2 Å². The van der Waals surface area contributed by atoms with Crippen molar-refractivity contribution in [3.8, 4) is 5.75 Å². The summed E-state index contributed by atoms with van der Waals surface area (Å²) in [5.41, 5.74) is 2.23. The van der Waals surface area contributed by atoms with E-state index >= 15 is 0 Å². The molecule has 1 aliphatic rings. The van der Waals surface area contributed by atoms with E-state index in [-0.39, 0.29) is 5.91 Å². The minimum Gasteiger partial charge on any atom is -0.497 e. The molecule has 0 fully saturated rings. The summed E-state index contributed by atoms with van der Waals surface area (Å²) in [6.45, 7) is 0.531. The lowest BCUT2D eigenvalue weighted by atomic mass is 10.1. The molecule has 21 heavy (non-hydrogen) atoms. The van der Waals surface area contributed by atoms with Gasteiger partial charge in [0.05, 0.1) is 7.11 Å². The van der Waals surface area contributed by atoms with Crippen LogP contribution < -0.4 is 10.1 Å². The molecule has 112 valence electrons. The summed E-state index contributed by atoms with van der Waals surface area (Å²) in [4.78, 5) is 12.0. The molecule has 3 nitrogen and oxygen atoms in total. The van der Waals surface area contributed by atoms with Gasteiger partial charge in [-0.25, -0.2) is 0 Å². The largest absolute Gasteiger partial charge is 0.497 e. The Kier molecular flexibility index (Phi) is 6.05. The molecule has 4 heteroatoms. The van der Waals surface area contributed by atoms with E-state index in [4.69, 9.17) is 4.74 Å². The van der Waals surface area contributed by atoms with Crippen LogP contribution in [0.4, 0.5) is 0 Å². The van der Waals surface area contributed by atoms with Crippen molar-refractivity contribution in [2.75, 3.05) is 7.11 Å². The van der Waals surface area contributed by atoms with Crippen LogP contribution in [-0.2, 0) is 11.3 Å². The van der Waals surface area contributed by atoms with Crippen LogP contribution in [0.1, 0.15) is 31.2 Å². The molecule has 1 aromatic carbocycles. The van der Waals surface area contributed by atoms with Gasteiger partial charge >= 0.3 is 0 Å². The maximum absolute atomic E-state index is 12.0. The molecule has 0 aromatic heterocycles. The van der Waals surface area contributed by atoms with Crippen molar-refractivity contribution in [3.05, 3.63) is 52.0 Å². The molecule has 0 spiro atoms. The molecule has 0 saturated carbocycles. The fourth-order valence-electron chi connectivity index (χ4n) is 2.26. The van der Waals surface area contributed by atoms with Crippen LogP contribution in [-0.4, -0.2) is 13.0 Å². The molecule has 2 rings (SSSR count). The number of amides is 1. The molecule has 1 N–H and O–H groups in total. The van der Waals surface area contributed by atoms with Gasteiger partial charge in [-0.2, -0.15) is 0 Å². The summed E-state index contributed by atoms with van der Waals surface area (Å²) in [6.07, 6.45) is 7.70. The van der Waals surface area contributed by atoms with E-state index in [1.54, 1.807) is 7.11 Å². The van der Waals surface area contributed by atoms with Crippen LogP contribution >= 0.6 is 15.9 Å². The third kappa shape index (κ3) is 5.38. The van der Waals surface area contributed by atoms with Crippen molar-refractivity contribution in [1.29, 1.82) is 0 Å². The Morgan fingerprint density at radius 1 is 1.33 bits per heavy atom. The van der Waals surface area contributed by atoms with Crippen molar-refractivity contribution < 1.29 is 9.53 Å². The van der Waals surface area contributed by atoms with Crippen molar-refractivity contribution in [1.82, 2.24) is 5.32 Å². The van der Waals surface area contributed by atoms with Gasteiger partial charge in [0, 0.05) is 13.0 Å². The van der Waals surface area contributed by atoms with Gasteiger partial charge in [-0.05, 0) is 41.4 Å². The maximum Gasteiger partial charge on any atom is 0.224 e. The number of hydrogen-bond donors (Lipinski definition) is 1. The molecular weight excluding hydrogens is 330 g/mol. The van der Waals surface area contributed by atoms with Gasteiger partial charge in [0.1, 0.15) is 5.75 Å². The third-order valence-electron chi connectivity index (χ3n) is 3.42. The predicted octanol–water partition coefficient (Wildman–Crippen LogP) is 4.09. The highest BCUT2D eigenvalue weighted by atomic mass is 79.9. The number of carbonyl (C=O) groups is 1. The fourth-order valence-corrected chi connectivity index (χ4v) is 2.67. The number of ether oxygens (including phenoxy) is 1. The number of carbonyl (C=O) groups excluding carboxylic acids is 1. The van der Waals surface area contributed by atoms with E-state index in [1.807, 2.05) is 24.3 Å². The smallest absolute Gasteiger partial charge is 0.224 e. The van der Waals surface area contributed by atoms with Crippen LogP contribution in [0.15, 0.2) is 46.5 Å². The zero-order valence-electron chi connectivity index (χ0n) is 12.2. The molecule has 0 bridgehead atoms. The molecule has 0 radical (unpaired) electrons. The third-order valence-corrected chi connectivity index (χ3v) is 4.09. The Balaban J connectivity index is 1.84. The molecular formula is C17H20BrNO2. The van der Waals surface area contributed by atoms with Crippen molar-refractivity contribution in [3.63, 3.8) is 0 Å². The Morgan fingerprint density at radius 2 is 2.19 bits per heavy atom. The summed E-state index contributed by atoms with van der Waals surface area (Å²) < 4.78 is 6.38. The number of hydrogen-bond acceptors (Lipinski definition) is 2. The van der Waals surface area contributed by atoms with Gasteiger partial charge in [-0.3, -0.25) is 4.79 Å². The first-order valence-electron chi connectivity index (χ1n) is 7.11. The second kappa shape index (κ2) is 8.03. The predicted molar refractivity (Wildman–Crippen MR) is 88.4 cm³/mol. The first-order valence-corrected chi connectivity index (χ1v) is 7.90. The lowest BCUT2D eigenvalue weighted by Gasteiger charge is -2.08. The molecule has 1 amide bonds. The summed E-state index contributed by atoms with van der Waals surface area (Å²) >= 11 is 3.51. The van der Waals surface area contributed by atoms with Gasteiger partial charge in [0.25, 0.3) is 0 Å². The van der Waals surface area contributed by atoms with E-state index in [0.29, 0.717) is 13.0 Å². The molecule has 0 unspecified atom stereocenters. The lowest BCUT2D eigenvalue weighted by molar-refractivity contribution is -0.120. The quantitative estimate of drug-likeness (QED) is 0.869. The van der Waals surface area contributed by atoms with Gasteiger partial charge in [0.2, 0.25) is 5.91 Å². The average Bonchev–Trinajstić information content (AvgIpc) is 2.70. The number of allylic oxidation sites excluding steroid dienone is 3. The molecule has 0 aliphatic heterocycles. The number of nitrogens with one attached hydrogen (secondary N) is 1. The highest BCUT2D eigenvalue weighted by Gasteiger charge is 2.08. The second-order valence-corrected chi connectivity index (χ2v) is 6.12. The first kappa shape index (κ1) is 15.8. The van der Waals surface area contributed by atoms with Crippen LogP contribution in [0.25, 0.3) is 0 Å². The van der Waals surface area contributed by atoms with Gasteiger partial charge in [-0.1, -0.05) is 45.8 Å². The van der Waals surface area contributed by atoms with Crippen molar-refractivity contribution in [2.24, 2.45) is 0 Å². The van der Waals surface area contributed by atoms with E-state index in [9.17, 15) is 4.79 Å². The monoisotopic (exact) mass is 349 g/mol. The lowest BCUT2D eigenvalue weighted by Crippen LogP contribution is -2.22. The van der Waals surface area contributed by atoms with E-state index in [0.717, 1.165) is 30.6 Å². The molecule has 0 saturated heterocycles. The maximum atomic E-state index is 12.0. The van der Waals surface area contributed by atoms with Crippen LogP contribution in [0, 0.1) is 0 Å². The Bertz CT molecular complexity index is 564. The molecule has 0 heterocycles. The van der Waals surface area contributed by atoms with Gasteiger partial charge < -0.3 is 10.1 Å². The number of benzene rings is 1. The highest BCUT2D eigenvalue weighted by molar-refractivity contribution is 9.11. The second-order valence-electron chi connectivity index (χ2n) is 5.10. The number of halogens is 1. The van der Waals surface area contributed by atoms with Crippen molar-refractivity contribution >= 4 is 21.8 Å². The van der Waals surface area contributed by atoms with E-state index in [2.05, 4.69) is 33.4 Å². The van der Waals surface area contributed by atoms with Crippen LogP contribution in [0.5, 0.6) is 5.75 Å². The Labute approximate surface area is 134 Å². The minimum atomic E-state index is 0.0653. The number of methoxy groups -OCH3 is 1. The average molecular weight is 350 g/mol. The topological polar surface area (TPSA) is 38.3 Å². The SMILES string of the molecule is COc1cccc(CNC(=O)CC2=CC=C(Br)CCC2)c1. The highest BCUT2D eigenvalue weighted by Crippen LogP contribution is 2.23. The zero-order chi connectivity index (χ0) is 15.1. The van der Waals surface area contributed by atoms with E-state index in [1.165, 1.54) is 10.1 Å². The Morgan fingerprint density at radius 3 is 3.00 bits per heavy atom. The molecule has 0 atom stereocenters. The normalized spacial score (nSPS) is 14.8. The zero-order valence-corrected chi connectivity index (χ0v) is 13.8.